The Balaban J connectivity index is 1.91. The first-order chi connectivity index (χ1) is 9.60. The topological polar surface area (TPSA) is 60.7 Å². The maximum absolute atomic E-state index is 12.1. The van der Waals surface area contributed by atoms with Crippen LogP contribution in [0.25, 0.3) is 5.65 Å². The van der Waals surface area contributed by atoms with Crippen molar-refractivity contribution in [1.29, 1.82) is 0 Å². The number of aromatic nitrogens is 2. The largest absolute Gasteiger partial charge is 0.482 e. The van der Waals surface area contributed by atoms with E-state index in [-0.39, 0.29) is 5.25 Å². The van der Waals surface area contributed by atoms with Crippen molar-refractivity contribution in [3.63, 3.8) is 0 Å². The van der Waals surface area contributed by atoms with Gasteiger partial charge in [-0.25, -0.2) is 13.4 Å². The number of fused-ring (bicyclic) bond motifs is 1. The van der Waals surface area contributed by atoms with Gasteiger partial charge in [-0.1, -0.05) is 12.5 Å². The lowest BCUT2D eigenvalue weighted by Gasteiger charge is -2.21. The third-order valence-electron chi connectivity index (χ3n) is 3.86. The molecule has 5 nitrogen and oxygen atoms in total. The van der Waals surface area contributed by atoms with E-state index in [2.05, 4.69) is 4.98 Å². The highest BCUT2D eigenvalue weighted by atomic mass is 32.2. The first kappa shape index (κ1) is 13.4. The molecule has 6 heteroatoms. The molecule has 3 rings (SSSR count). The number of methoxy groups -OCH3 is 1. The summed E-state index contributed by atoms with van der Waals surface area (Å²) in [7, 11) is -1.34. The van der Waals surface area contributed by atoms with Crippen molar-refractivity contribution in [2.24, 2.45) is 0 Å². The summed E-state index contributed by atoms with van der Waals surface area (Å²) in [5.74, 6) is 1.02. The highest BCUT2D eigenvalue weighted by Crippen LogP contribution is 2.24. The number of imidazole rings is 1. The molecular formula is C14H18N2O3S. The lowest BCUT2D eigenvalue weighted by atomic mass is 10.1. The normalized spacial score (nSPS) is 21.9. The molecule has 1 saturated heterocycles. The maximum atomic E-state index is 12.1. The summed E-state index contributed by atoms with van der Waals surface area (Å²) in [5.41, 5.74) is 1.59. The Morgan fingerprint density at radius 3 is 3.00 bits per heavy atom. The number of sulfone groups is 1. The van der Waals surface area contributed by atoms with E-state index >= 15 is 0 Å². The summed E-state index contributed by atoms with van der Waals surface area (Å²) in [6, 6.07) is 5.62. The van der Waals surface area contributed by atoms with Gasteiger partial charge in [-0.05, 0) is 25.0 Å². The van der Waals surface area contributed by atoms with Gasteiger partial charge in [0.2, 0.25) is 0 Å². The minimum atomic E-state index is -2.96. The molecule has 1 aliphatic heterocycles. The first-order valence-electron chi connectivity index (χ1n) is 6.83. The Kier molecular flexibility index (Phi) is 3.41. The van der Waals surface area contributed by atoms with E-state index in [1.807, 2.05) is 28.8 Å². The minimum Gasteiger partial charge on any atom is -0.482 e. The zero-order chi connectivity index (χ0) is 14.2. The van der Waals surface area contributed by atoms with Crippen molar-refractivity contribution in [2.45, 2.75) is 30.9 Å². The van der Waals surface area contributed by atoms with Crippen LogP contribution in [0.4, 0.5) is 0 Å². The highest BCUT2D eigenvalue weighted by molar-refractivity contribution is 7.92. The van der Waals surface area contributed by atoms with Crippen LogP contribution in [0.1, 0.15) is 25.0 Å². The second kappa shape index (κ2) is 5.09. The van der Waals surface area contributed by atoms with Crippen molar-refractivity contribution in [3.05, 3.63) is 30.1 Å². The number of pyridine rings is 1. The maximum Gasteiger partial charge on any atom is 0.198 e. The summed E-state index contributed by atoms with van der Waals surface area (Å²) in [6.07, 6.45) is 4.89. The van der Waals surface area contributed by atoms with Crippen LogP contribution in [0.3, 0.4) is 0 Å². The van der Waals surface area contributed by atoms with Crippen LogP contribution in [0.5, 0.6) is 5.88 Å². The summed E-state index contributed by atoms with van der Waals surface area (Å²) < 4.78 is 31.3. The third-order valence-corrected chi connectivity index (χ3v) is 6.14. The Morgan fingerprint density at radius 1 is 1.40 bits per heavy atom. The SMILES string of the molecule is COc1cccc2nc(CC3CCCCS3(=O)=O)cn12. The number of rotatable bonds is 3. The molecule has 0 aliphatic carbocycles. The van der Waals surface area contributed by atoms with Crippen LogP contribution in [-0.4, -0.2) is 35.9 Å². The standard InChI is InChI=1S/C14H18N2O3S/c1-19-14-7-4-6-13-15-11(10-16(13)14)9-12-5-2-3-8-20(12,17)18/h4,6-7,10,12H,2-3,5,8-9H2,1H3. The number of ether oxygens (including phenoxy) is 1. The van der Waals surface area contributed by atoms with Crippen molar-refractivity contribution < 1.29 is 13.2 Å². The van der Waals surface area contributed by atoms with Crippen LogP contribution < -0.4 is 4.74 Å². The first-order valence-corrected chi connectivity index (χ1v) is 8.54. The van der Waals surface area contributed by atoms with Gasteiger partial charge >= 0.3 is 0 Å². The zero-order valence-electron chi connectivity index (χ0n) is 11.4. The fraction of sp³-hybridized carbons (Fsp3) is 0.500. The molecule has 2 aromatic heterocycles. The molecule has 0 N–H and O–H groups in total. The summed E-state index contributed by atoms with van der Waals surface area (Å²) in [4.78, 5) is 4.50. The van der Waals surface area contributed by atoms with Gasteiger partial charge in [0, 0.05) is 12.6 Å². The molecule has 1 fully saturated rings. The van der Waals surface area contributed by atoms with E-state index in [0.717, 1.165) is 30.6 Å². The van der Waals surface area contributed by atoms with Gasteiger partial charge in [-0.3, -0.25) is 4.40 Å². The fourth-order valence-corrected chi connectivity index (χ4v) is 4.67. The number of nitrogens with zero attached hydrogens (tertiary/aromatic N) is 2. The van der Waals surface area contributed by atoms with Crippen molar-refractivity contribution in [3.8, 4) is 5.88 Å². The second-order valence-electron chi connectivity index (χ2n) is 5.22. The molecule has 0 bridgehead atoms. The van der Waals surface area contributed by atoms with Crippen molar-refractivity contribution >= 4 is 15.5 Å². The lowest BCUT2D eigenvalue weighted by Crippen LogP contribution is -2.30. The molecule has 0 aromatic carbocycles. The second-order valence-corrected chi connectivity index (χ2v) is 7.62. The van der Waals surface area contributed by atoms with E-state index in [9.17, 15) is 8.42 Å². The number of hydrogen-bond donors (Lipinski definition) is 0. The average molecular weight is 294 g/mol. The van der Waals surface area contributed by atoms with Crippen molar-refractivity contribution in [1.82, 2.24) is 9.38 Å². The molecule has 108 valence electrons. The lowest BCUT2D eigenvalue weighted by molar-refractivity contribution is 0.392. The van der Waals surface area contributed by atoms with Gasteiger partial charge in [-0.2, -0.15) is 0 Å². The smallest absolute Gasteiger partial charge is 0.198 e. The molecule has 1 unspecified atom stereocenters. The number of hydrogen-bond acceptors (Lipinski definition) is 4. The van der Waals surface area contributed by atoms with Crippen LogP contribution in [0.15, 0.2) is 24.4 Å². The van der Waals surface area contributed by atoms with Gasteiger partial charge in [0.25, 0.3) is 0 Å². The van der Waals surface area contributed by atoms with Crippen LogP contribution >= 0.6 is 0 Å². The molecule has 2 aromatic rings. The molecule has 3 heterocycles. The fourth-order valence-electron chi connectivity index (χ4n) is 2.78. The summed E-state index contributed by atoms with van der Waals surface area (Å²) in [5, 5.41) is -0.285. The van der Waals surface area contributed by atoms with E-state index in [0.29, 0.717) is 18.1 Å². The van der Waals surface area contributed by atoms with Gasteiger partial charge in [-0.15, -0.1) is 0 Å². The molecule has 0 saturated carbocycles. The molecule has 0 spiro atoms. The van der Waals surface area contributed by atoms with E-state index < -0.39 is 9.84 Å². The minimum absolute atomic E-state index is 0.285. The molecule has 1 atom stereocenters. The quantitative estimate of drug-likeness (QED) is 0.867. The monoisotopic (exact) mass is 294 g/mol. The summed E-state index contributed by atoms with van der Waals surface area (Å²) in [6.45, 7) is 0. The molecule has 0 radical (unpaired) electrons. The van der Waals surface area contributed by atoms with Gasteiger partial charge < -0.3 is 4.74 Å². The van der Waals surface area contributed by atoms with Crippen molar-refractivity contribution in [2.75, 3.05) is 12.9 Å². The van der Waals surface area contributed by atoms with Gasteiger partial charge in [0.1, 0.15) is 5.65 Å². The highest BCUT2D eigenvalue weighted by Gasteiger charge is 2.29. The predicted octanol–water partition coefficient (Wildman–Crippen LogP) is 1.85. The van der Waals surface area contributed by atoms with E-state index in [1.54, 1.807) is 7.11 Å². The molecule has 20 heavy (non-hydrogen) atoms. The molecule has 0 amide bonds. The van der Waals surface area contributed by atoms with E-state index in [1.165, 1.54) is 0 Å². The Labute approximate surface area is 118 Å². The Morgan fingerprint density at radius 2 is 2.25 bits per heavy atom. The molecular weight excluding hydrogens is 276 g/mol. The van der Waals surface area contributed by atoms with Crippen LogP contribution in [0, 0.1) is 0 Å². The summed E-state index contributed by atoms with van der Waals surface area (Å²) >= 11 is 0. The van der Waals surface area contributed by atoms with Gasteiger partial charge in [0.05, 0.1) is 23.8 Å². The third kappa shape index (κ3) is 2.40. The van der Waals surface area contributed by atoms with E-state index in [4.69, 9.17) is 4.74 Å². The zero-order valence-corrected chi connectivity index (χ0v) is 12.3. The van der Waals surface area contributed by atoms with Crippen LogP contribution in [0.2, 0.25) is 0 Å². The Bertz CT molecular complexity index is 721. The average Bonchev–Trinajstić information content (AvgIpc) is 2.83. The predicted molar refractivity (Wildman–Crippen MR) is 76.9 cm³/mol. The van der Waals surface area contributed by atoms with Crippen LogP contribution in [-0.2, 0) is 16.3 Å². The van der Waals surface area contributed by atoms with Gasteiger partial charge in [0.15, 0.2) is 15.7 Å². The Hall–Kier alpha value is -1.56. The molecule has 1 aliphatic rings.